The summed E-state index contributed by atoms with van der Waals surface area (Å²) in [6, 6.07) is 0.311. The number of carbonyl (C=O) groups excluding carboxylic acids is 3. The number of likely N-dealkylation sites (N-methyl/N-ethyl adjacent to an activating group) is 1. The molecule has 0 aromatic heterocycles. The van der Waals surface area contributed by atoms with Crippen LogP contribution in [0.15, 0.2) is 0 Å². The van der Waals surface area contributed by atoms with E-state index in [4.69, 9.17) is 0 Å². The summed E-state index contributed by atoms with van der Waals surface area (Å²) in [5.74, 6) is -0.846. The van der Waals surface area contributed by atoms with Gasteiger partial charge in [-0.1, -0.05) is 12.8 Å². The molecule has 2 rings (SSSR count). The largest absolute Gasteiger partial charge is 0.468 e. The molecule has 0 aromatic rings. The van der Waals surface area contributed by atoms with Crippen LogP contribution in [0, 0.1) is 5.92 Å². The first-order valence-electron chi connectivity index (χ1n) is 7.14. The summed E-state index contributed by atoms with van der Waals surface area (Å²) in [5.41, 5.74) is 0. The molecule has 0 aromatic carbocycles. The number of methoxy groups -OCH3 is 1. The van der Waals surface area contributed by atoms with Crippen molar-refractivity contribution in [2.45, 2.75) is 38.1 Å². The Kier molecular flexibility index (Phi) is 4.62. The number of likely N-dealkylation sites (tertiary alicyclic amines) is 1. The zero-order valence-corrected chi connectivity index (χ0v) is 12.1. The van der Waals surface area contributed by atoms with Gasteiger partial charge < -0.3 is 14.5 Å². The molecule has 0 spiro atoms. The number of amides is 2. The number of hydrogen-bond acceptors (Lipinski definition) is 4. The first-order chi connectivity index (χ1) is 9.52. The molecular weight excluding hydrogens is 260 g/mol. The van der Waals surface area contributed by atoms with Crippen molar-refractivity contribution in [3.8, 4) is 0 Å². The van der Waals surface area contributed by atoms with Crippen LogP contribution >= 0.6 is 0 Å². The van der Waals surface area contributed by atoms with Crippen LogP contribution < -0.4 is 0 Å². The molecule has 2 amide bonds. The highest BCUT2D eigenvalue weighted by Crippen LogP contribution is 2.29. The second-order valence-electron chi connectivity index (χ2n) is 5.66. The van der Waals surface area contributed by atoms with Gasteiger partial charge in [-0.15, -0.1) is 0 Å². The highest BCUT2D eigenvalue weighted by Gasteiger charge is 2.39. The van der Waals surface area contributed by atoms with Crippen molar-refractivity contribution >= 4 is 17.8 Å². The topological polar surface area (TPSA) is 66.9 Å². The van der Waals surface area contributed by atoms with E-state index in [0.717, 1.165) is 25.7 Å². The molecule has 1 aliphatic heterocycles. The molecule has 1 unspecified atom stereocenters. The lowest BCUT2D eigenvalue weighted by Crippen LogP contribution is -2.39. The van der Waals surface area contributed by atoms with Crippen molar-refractivity contribution in [1.82, 2.24) is 9.80 Å². The normalized spacial score (nSPS) is 23.2. The van der Waals surface area contributed by atoms with E-state index in [-0.39, 0.29) is 30.7 Å². The van der Waals surface area contributed by atoms with Crippen molar-refractivity contribution in [2.24, 2.45) is 5.92 Å². The molecule has 20 heavy (non-hydrogen) atoms. The van der Waals surface area contributed by atoms with Crippen LogP contribution in [0.1, 0.15) is 32.1 Å². The Hall–Kier alpha value is -1.59. The molecule has 1 aliphatic carbocycles. The van der Waals surface area contributed by atoms with Crippen LogP contribution in [0.2, 0.25) is 0 Å². The minimum atomic E-state index is -0.446. The van der Waals surface area contributed by atoms with Gasteiger partial charge in [0.1, 0.15) is 6.54 Å². The van der Waals surface area contributed by atoms with Gasteiger partial charge in [-0.25, -0.2) is 0 Å². The minimum Gasteiger partial charge on any atom is -0.468 e. The molecule has 112 valence electrons. The van der Waals surface area contributed by atoms with Gasteiger partial charge in [0.25, 0.3) is 0 Å². The van der Waals surface area contributed by atoms with Crippen molar-refractivity contribution in [2.75, 3.05) is 27.2 Å². The molecule has 1 saturated heterocycles. The maximum atomic E-state index is 12.2. The Morgan fingerprint density at radius 3 is 2.60 bits per heavy atom. The second kappa shape index (κ2) is 6.24. The van der Waals surface area contributed by atoms with E-state index in [0.29, 0.717) is 12.6 Å². The number of rotatable bonds is 4. The fraction of sp³-hybridized carbons (Fsp3) is 0.786. The first kappa shape index (κ1) is 14.8. The molecule has 0 N–H and O–H groups in total. The van der Waals surface area contributed by atoms with Gasteiger partial charge in [0.05, 0.1) is 13.0 Å². The summed E-state index contributed by atoms with van der Waals surface area (Å²) in [6.07, 6.45) is 4.68. The molecule has 0 bridgehead atoms. The van der Waals surface area contributed by atoms with Crippen LogP contribution in [0.5, 0.6) is 0 Å². The van der Waals surface area contributed by atoms with E-state index >= 15 is 0 Å². The SMILES string of the molecule is COC(=O)CN(C)C(=O)C1CC(=O)N(C2CCCC2)C1. The van der Waals surface area contributed by atoms with Crippen molar-refractivity contribution in [1.29, 1.82) is 0 Å². The summed E-state index contributed by atoms with van der Waals surface area (Å²) in [7, 11) is 2.86. The Morgan fingerprint density at radius 1 is 1.35 bits per heavy atom. The maximum absolute atomic E-state index is 12.2. The lowest BCUT2D eigenvalue weighted by Gasteiger charge is -2.24. The smallest absolute Gasteiger partial charge is 0.325 e. The average Bonchev–Trinajstić information content (AvgIpc) is 3.06. The van der Waals surface area contributed by atoms with E-state index in [9.17, 15) is 14.4 Å². The average molecular weight is 282 g/mol. The van der Waals surface area contributed by atoms with Crippen LogP contribution in [-0.4, -0.2) is 60.9 Å². The van der Waals surface area contributed by atoms with Gasteiger partial charge in [0.15, 0.2) is 0 Å². The standard InChI is InChI=1S/C14H22N2O4/c1-15(9-13(18)20-2)14(19)10-7-12(17)16(8-10)11-5-3-4-6-11/h10-11H,3-9H2,1-2H3. The summed E-state index contributed by atoms with van der Waals surface area (Å²) >= 11 is 0. The number of carbonyl (C=O) groups is 3. The zero-order chi connectivity index (χ0) is 14.7. The first-order valence-corrected chi connectivity index (χ1v) is 7.14. The predicted octanol–water partition coefficient (Wildman–Crippen LogP) is 0.409. The van der Waals surface area contributed by atoms with Gasteiger partial charge in [0.2, 0.25) is 11.8 Å². The fourth-order valence-corrected chi connectivity index (χ4v) is 3.11. The predicted molar refractivity (Wildman–Crippen MR) is 71.7 cm³/mol. The Balaban J connectivity index is 1.91. The summed E-state index contributed by atoms with van der Waals surface area (Å²) < 4.78 is 4.55. The van der Waals surface area contributed by atoms with Crippen LogP contribution in [0.25, 0.3) is 0 Å². The third-order valence-corrected chi connectivity index (χ3v) is 4.24. The van der Waals surface area contributed by atoms with Gasteiger partial charge in [-0.3, -0.25) is 14.4 Å². The maximum Gasteiger partial charge on any atom is 0.325 e. The molecule has 1 atom stereocenters. The lowest BCUT2D eigenvalue weighted by atomic mass is 10.1. The van der Waals surface area contributed by atoms with E-state index in [1.54, 1.807) is 7.05 Å². The molecule has 1 heterocycles. The van der Waals surface area contributed by atoms with E-state index in [1.165, 1.54) is 12.0 Å². The van der Waals surface area contributed by atoms with Crippen LogP contribution in [0.3, 0.4) is 0 Å². The monoisotopic (exact) mass is 282 g/mol. The zero-order valence-electron chi connectivity index (χ0n) is 12.1. The summed E-state index contributed by atoms with van der Waals surface area (Å²) in [5, 5.41) is 0. The minimum absolute atomic E-state index is 0.0660. The Bertz CT molecular complexity index is 404. The quantitative estimate of drug-likeness (QED) is 0.700. The van der Waals surface area contributed by atoms with E-state index in [2.05, 4.69) is 4.74 Å². The van der Waals surface area contributed by atoms with Gasteiger partial charge >= 0.3 is 5.97 Å². The number of ether oxygens (including phenoxy) is 1. The van der Waals surface area contributed by atoms with Gasteiger partial charge in [0, 0.05) is 26.1 Å². The Morgan fingerprint density at radius 2 is 2.00 bits per heavy atom. The third kappa shape index (κ3) is 3.11. The molecule has 6 heteroatoms. The molecule has 2 aliphatic rings. The fourth-order valence-electron chi connectivity index (χ4n) is 3.11. The van der Waals surface area contributed by atoms with Crippen molar-refractivity contribution < 1.29 is 19.1 Å². The lowest BCUT2D eigenvalue weighted by molar-refractivity contribution is -0.147. The number of nitrogens with zero attached hydrogens (tertiary/aromatic N) is 2. The summed E-state index contributed by atoms with van der Waals surface area (Å²) in [6.45, 7) is 0.428. The van der Waals surface area contributed by atoms with E-state index < -0.39 is 5.97 Å². The highest BCUT2D eigenvalue weighted by molar-refractivity contribution is 5.90. The third-order valence-electron chi connectivity index (χ3n) is 4.24. The van der Waals surface area contributed by atoms with Crippen molar-refractivity contribution in [3.63, 3.8) is 0 Å². The Labute approximate surface area is 119 Å². The van der Waals surface area contributed by atoms with Gasteiger partial charge in [-0.2, -0.15) is 0 Å². The van der Waals surface area contributed by atoms with Gasteiger partial charge in [-0.05, 0) is 12.8 Å². The van der Waals surface area contributed by atoms with Crippen LogP contribution in [-0.2, 0) is 19.1 Å². The van der Waals surface area contributed by atoms with Crippen molar-refractivity contribution in [3.05, 3.63) is 0 Å². The molecule has 0 radical (unpaired) electrons. The molecule has 6 nitrogen and oxygen atoms in total. The summed E-state index contributed by atoms with van der Waals surface area (Å²) in [4.78, 5) is 38.7. The number of hydrogen-bond donors (Lipinski definition) is 0. The molecule has 2 fully saturated rings. The van der Waals surface area contributed by atoms with Crippen LogP contribution in [0.4, 0.5) is 0 Å². The molecule has 1 saturated carbocycles. The highest BCUT2D eigenvalue weighted by atomic mass is 16.5. The second-order valence-corrected chi connectivity index (χ2v) is 5.66. The number of esters is 1. The van der Waals surface area contributed by atoms with E-state index in [1.807, 2.05) is 4.90 Å². The molecular formula is C14H22N2O4.